The van der Waals surface area contributed by atoms with Crippen molar-refractivity contribution >= 4 is 24.0 Å². The van der Waals surface area contributed by atoms with Crippen LogP contribution in [0.2, 0.25) is 0 Å². The van der Waals surface area contributed by atoms with Crippen LogP contribution in [0.15, 0.2) is 12.2 Å². The normalized spacial score (nSPS) is 13.0. The van der Waals surface area contributed by atoms with Gasteiger partial charge in [0.15, 0.2) is 0 Å². The summed E-state index contributed by atoms with van der Waals surface area (Å²) in [5.74, 6) is -1.31. The fourth-order valence-corrected chi connectivity index (χ4v) is 2.98. The first-order valence-electron chi connectivity index (χ1n) is 10.6. The summed E-state index contributed by atoms with van der Waals surface area (Å²) in [7, 11) is 9.89. The molecule has 0 rings (SSSR count). The smallest absolute Gasteiger partial charge is 0.331 e. The second-order valence-corrected chi connectivity index (χ2v) is 8.79. The van der Waals surface area contributed by atoms with Crippen molar-refractivity contribution in [3.05, 3.63) is 12.2 Å². The Labute approximate surface area is 192 Å². The van der Waals surface area contributed by atoms with Crippen LogP contribution in [0, 0.1) is 11.8 Å². The maximum Gasteiger partial charge on any atom is 0.331 e. The Bertz CT molecular complexity index is 619. The molecule has 32 heavy (non-hydrogen) atoms. The number of urea groups is 2. The molecule has 0 saturated carbocycles. The van der Waals surface area contributed by atoms with E-state index in [0.29, 0.717) is 0 Å². The molecule has 0 aliphatic carbocycles. The zero-order valence-electron chi connectivity index (χ0n) is 21.1. The van der Waals surface area contributed by atoms with Crippen LogP contribution in [0.25, 0.3) is 0 Å². The van der Waals surface area contributed by atoms with E-state index in [1.807, 2.05) is 27.7 Å². The van der Waals surface area contributed by atoms with Crippen molar-refractivity contribution in [2.24, 2.45) is 11.8 Å². The first-order chi connectivity index (χ1) is 14.7. The Hall–Kier alpha value is -2.78. The summed E-state index contributed by atoms with van der Waals surface area (Å²) < 4.78 is 10.4. The highest BCUT2D eigenvalue weighted by Gasteiger charge is 2.26. The number of hydrogen-bond donors (Lipinski definition) is 0. The first kappa shape index (κ1) is 29.2. The molecule has 2 atom stereocenters. The Kier molecular flexibility index (Phi) is 12.4. The fourth-order valence-electron chi connectivity index (χ4n) is 2.98. The summed E-state index contributed by atoms with van der Waals surface area (Å²) in [4.78, 5) is 54.3. The lowest BCUT2D eigenvalue weighted by Gasteiger charge is -2.32. The standard InChI is InChI=1S/C22H40N4O6/c1-15(2)17(25(9)21(29)23(5)6)13-31-19(27)11-12-20(28)32-14-18(16(3)4)26(10)22(30)24(7)8/h11-12,15-18H,13-14H2,1-10H3/b12-11+/t17-,18-/m0/s1. The predicted octanol–water partition coefficient (Wildman–Crippen LogP) is 1.91. The minimum Gasteiger partial charge on any atom is -0.460 e. The summed E-state index contributed by atoms with van der Waals surface area (Å²) >= 11 is 0. The molecule has 4 amide bonds. The molecule has 0 aliphatic rings. The van der Waals surface area contributed by atoms with Gasteiger partial charge in [-0.1, -0.05) is 27.7 Å². The number of likely N-dealkylation sites (N-methyl/N-ethyl adjacent to an activating group) is 2. The highest BCUT2D eigenvalue weighted by molar-refractivity contribution is 5.91. The van der Waals surface area contributed by atoms with Gasteiger partial charge in [-0.25, -0.2) is 19.2 Å². The molecule has 10 nitrogen and oxygen atoms in total. The second-order valence-electron chi connectivity index (χ2n) is 8.79. The third kappa shape index (κ3) is 9.57. The molecule has 0 unspecified atom stereocenters. The molecule has 0 aliphatic heterocycles. The average Bonchev–Trinajstić information content (AvgIpc) is 2.70. The SMILES string of the molecule is CC(C)[C@H](COC(=O)/C=C/C(=O)OC[C@@H](C(C)C)N(C)C(=O)N(C)C)N(C)C(=O)N(C)C. The minimum atomic E-state index is -0.710. The molecule has 0 aromatic carbocycles. The average molecular weight is 457 g/mol. The Morgan fingerprint density at radius 1 is 0.625 bits per heavy atom. The molecule has 10 heteroatoms. The van der Waals surface area contributed by atoms with Crippen LogP contribution < -0.4 is 0 Å². The van der Waals surface area contributed by atoms with E-state index in [1.165, 1.54) is 19.6 Å². The predicted molar refractivity (Wildman–Crippen MR) is 122 cm³/mol. The zero-order chi connectivity index (χ0) is 25.2. The maximum absolute atomic E-state index is 12.2. The Morgan fingerprint density at radius 2 is 0.906 bits per heavy atom. The van der Waals surface area contributed by atoms with Crippen molar-refractivity contribution in [2.75, 3.05) is 55.5 Å². The molecule has 0 aromatic rings. The molecular formula is C22H40N4O6. The lowest BCUT2D eigenvalue weighted by atomic mass is 10.0. The molecule has 0 fully saturated rings. The van der Waals surface area contributed by atoms with E-state index < -0.39 is 11.9 Å². The first-order valence-corrected chi connectivity index (χ1v) is 10.6. The van der Waals surface area contributed by atoms with Crippen LogP contribution in [-0.2, 0) is 19.1 Å². The zero-order valence-corrected chi connectivity index (χ0v) is 21.1. The number of amides is 4. The van der Waals surface area contributed by atoms with Crippen LogP contribution in [0.5, 0.6) is 0 Å². The van der Waals surface area contributed by atoms with Crippen molar-refractivity contribution in [3.63, 3.8) is 0 Å². The van der Waals surface area contributed by atoms with E-state index in [0.717, 1.165) is 12.2 Å². The largest absolute Gasteiger partial charge is 0.460 e. The van der Waals surface area contributed by atoms with E-state index >= 15 is 0 Å². The van der Waals surface area contributed by atoms with Gasteiger partial charge in [-0.3, -0.25) is 0 Å². The van der Waals surface area contributed by atoms with Gasteiger partial charge in [-0.05, 0) is 11.8 Å². The molecule has 0 aromatic heterocycles. The van der Waals surface area contributed by atoms with Gasteiger partial charge < -0.3 is 29.1 Å². The topological polar surface area (TPSA) is 99.7 Å². The van der Waals surface area contributed by atoms with Crippen molar-refractivity contribution in [1.82, 2.24) is 19.6 Å². The third-order valence-corrected chi connectivity index (χ3v) is 5.05. The van der Waals surface area contributed by atoms with Crippen LogP contribution in [0.3, 0.4) is 0 Å². The molecule has 0 radical (unpaired) electrons. The number of carbonyl (C=O) groups is 4. The minimum absolute atomic E-state index is 0.00116. The third-order valence-electron chi connectivity index (χ3n) is 5.05. The second kappa shape index (κ2) is 13.6. The van der Waals surface area contributed by atoms with E-state index in [9.17, 15) is 19.2 Å². The molecule has 0 spiro atoms. The summed E-state index contributed by atoms with van der Waals surface area (Å²) in [6.45, 7) is 7.70. The number of nitrogens with zero attached hydrogens (tertiary/aromatic N) is 4. The molecule has 0 bridgehead atoms. The van der Waals surface area contributed by atoms with Crippen molar-refractivity contribution in [2.45, 2.75) is 39.8 Å². The molecule has 0 N–H and O–H groups in total. The van der Waals surface area contributed by atoms with Crippen molar-refractivity contribution in [3.8, 4) is 0 Å². The van der Waals surface area contributed by atoms with Crippen molar-refractivity contribution in [1.29, 1.82) is 0 Å². The fraction of sp³-hybridized carbons (Fsp3) is 0.727. The van der Waals surface area contributed by atoms with Crippen molar-refractivity contribution < 1.29 is 28.7 Å². The van der Waals surface area contributed by atoms with Gasteiger partial charge in [-0.2, -0.15) is 0 Å². The highest BCUT2D eigenvalue weighted by atomic mass is 16.5. The summed E-state index contributed by atoms with van der Waals surface area (Å²) in [6, 6.07) is -1.02. The number of carbonyl (C=O) groups excluding carboxylic acids is 4. The van der Waals surface area contributed by atoms with Gasteiger partial charge in [-0.15, -0.1) is 0 Å². The Morgan fingerprint density at radius 3 is 1.12 bits per heavy atom. The number of esters is 2. The van der Waals surface area contributed by atoms with Crippen LogP contribution >= 0.6 is 0 Å². The lowest BCUT2D eigenvalue weighted by Crippen LogP contribution is -2.47. The van der Waals surface area contributed by atoms with E-state index in [-0.39, 0.29) is 49.2 Å². The summed E-state index contributed by atoms with van der Waals surface area (Å²) in [5.41, 5.74) is 0. The molecule has 0 heterocycles. The summed E-state index contributed by atoms with van der Waals surface area (Å²) in [5, 5.41) is 0. The van der Waals surface area contributed by atoms with Gasteiger partial charge in [0.2, 0.25) is 0 Å². The molecule has 184 valence electrons. The maximum atomic E-state index is 12.2. The van der Waals surface area contributed by atoms with Gasteiger partial charge in [0, 0.05) is 54.4 Å². The monoisotopic (exact) mass is 456 g/mol. The number of hydrogen-bond acceptors (Lipinski definition) is 6. The van der Waals surface area contributed by atoms with Gasteiger partial charge in [0.25, 0.3) is 0 Å². The van der Waals surface area contributed by atoms with Crippen LogP contribution in [-0.4, -0.2) is 111 Å². The highest BCUT2D eigenvalue weighted by Crippen LogP contribution is 2.13. The number of rotatable bonds is 10. The summed E-state index contributed by atoms with van der Waals surface area (Å²) in [6.07, 6.45) is 1.99. The van der Waals surface area contributed by atoms with Gasteiger partial charge in [0.05, 0.1) is 12.1 Å². The quantitative estimate of drug-likeness (QED) is 0.368. The van der Waals surface area contributed by atoms with E-state index in [4.69, 9.17) is 9.47 Å². The van der Waals surface area contributed by atoms with Gasteiger partial charge in [0.1, 0.15) is 13.2 Å². The van der Waals surface area contributed by atoms with E-state index in [1.54, 1.807) is 42.3 Å². The lowest BCUT2D eigenvalue weighted by molar-refractivity contribution is -0.142. The number of ether oxygens (including phenoxy) is 2. The van der Waals surface area contributed by atoms with Gasteiger partial charge >= 0.3 is 24.0 Å². The molecular weight excluding hydrogens is 416 g/mol. The molecule has 0 saturated heterocycles. The Balaban J connectivity index is 4.81. The van der Waals surface area contributed by atoms with E-state index in [2.05, 4.69) is 0 Å². The van der Waals surface area contributed by atoms with Crippen LogP contribution in [0.1, 0.15) is 27.7 Å². The van der Waals surface area contributed by atoms with Crippen LogP contribution in [0.4, 0.5) is 9.59 Å².